The lowest BCUT2D eigenvalue weighted by Gasteiger charge is -2.38. The van der Waals surface area contributed by atoms with E-state index >= 15 is 0 Å². The molecule has 4 N–H and O–H groups in total. The van der Waals surface area contributed by atoms with Crippen molar-refractivity contribution >= 4 is 23.2 Å². The molecule has 110 valence electrons. The van der Waals surface area contributed by atoms with E-state index in [0.717, 1.165) is 31.2 Å². The number of anilines is 1. The van der Waals surface area contributed by atoms with E-state index in [1.165, 1.54) is 19.4 Å². The van der Waals surface area contributed by atoms with Gasteiger partial charge in [0.2, 0.25) is 5.91 Å². The van der Waals surface area contributed by atoms with Crippen molar-refractivity contribution in [3.8, 4) is 5.75 Å². The van der Waals surface area contributed by atoms with Crippen molar-refractivity contribution in [3.05, 3.63) is 22.7 Å². The third kappa shape index (κ3) is 2.76. The standard InChI is InChI=1S/C15H21ClN2O2/c1-10(19)18-14-12(20)6-5-11(16)13(14)15(9-17)7-3-2-4-8-15/h5-6,20H,2-4,7-9,17H2,1H3,(H,18,19). The molecule has 0 unspecified atom stereocenters. The highest BCUT2D eigenvalue weighted by Crippen LogP contribution is 2.47. The molecule has 2 rings (SSSR count). The number of benzene rings is 1. The summed E-state index contributed by atoms with van der Waals surface area (Å²) >= 11 is 6.37. The molecular formula is C15H21ClN2O2. The third-order valence-electron chi connectivity index (χ3n) is 4.17. The van der Waals surface area contributed by atoms with Crippen LogP contribution in [0.25, 0.3) is 0 Å². The summed E-state index contributed by atoms with van der Waals surface area (Å²) in [5.74, 6) is -0.190. The molecule has 0 atom stereocenters. The normalized spacial score (nSPS) is 17.8. The fraction of sp³-hybridized carbons (Fsp3) is 0.533. The Morgan fingerprint density at radius 1 is 1.40 bits per heavy atom. The predicted octanol–water partition coefficient (Wildman–Crippen LogP) is 3.16. The van der Waals surface area contributed by atoms with Crippen LogP contribution < -0.4 is 11.1 Å². The van der Waals surface area contributed by atoms with Gasteiger partial charge in [0.1, 0.15) is 5.75 Å². The van der Waals surface area contributed by atoms with Gasteiger partial charge in [-0.2, -0.15) is 0 Å². The molecule has 0 saturated heterocycles. The summed E-state index contributed by atoms with van der Waals surface area (Å²) in [6, 6.07) is 3.17. The molecule has 1 saturated carbocycles. The summed E-state index contributed by atoms with van der Waals surface area (Å²) in [4.78, 5) is 11.4. The summed E-state index contributed by atoms with van der Waals surface area (Å²) in [5, 5.41) is 13.4. The van der Waals surface area contributed by atoms with Crippen LogP contribution in [-0.4, -0.2) is 17.6 Å². The molecule has 1 aliphatic carbocycles. The van der Waals surface area contributed by atoms with Crippen molar-refractivity contribution in [2.45, 2.75) is 44.4 Å². The van der Waals surface area contributed by atoms with Gasteiger partial charge in [-0.3, -0.25) is 4.79 Å². The second kappa shape index (κ2) is 6.02. The van der Waals surface area contributed by atoms with Crippen molar-refractivity contribution in [2.24, 2.45) is 5.73 Å². The van der Waals surface area contributed by atoms with Crippen molar-refractivity contribution in [1.29, 1.82) is 0 Å². The van der Waals surface area contributed by atoms with E-state index in [9.17, 15) is 9.90 Å². The minimum absolute atomic E-state index is 0.0398. The molecule has 0 radical (unpaired) electrons. The molecule has 1 fully saturated rings. The molecule has 0 spiro atoms. The molecule has 5 heteroatoms. The predicted molar refractivity (Wildman–Crippen MR) is 81.2 cm³/mol. The first-order valence-electron chi connectivity index (χ1n) is 7.00. The molecule has 1 amide bonds. The van der Waals surface area contributed by atoms with Gasteiger partial charge in [0.15, 0.2) is 0 Å². The van der Waals surface area contributed by atoms with E-state index in [4.69, 9.17) is 17.3 Å². The minimum atomic E-state index is -0.258. The van der Waals surface area contributed by atoms with Gasteiger partial charge in [0, 0.05) is 29.5 Å². The average Bonchev–Trinajstić information content (AvgIpc) is 2.43. The summed E-state index contributed by atoms with van der Waals surface area (Å²) < 4.78 is 0. The van der Waals surface area contributed by atoms with Gasteiger partial charge >= 0.3 is 0 Å². The molecule has 4 nitrogen and oxygen atoms in total. The number of aromatic hydroxyl groups is 1. The van der Waals surface area contributed by atoms with Gasteiger partial charge in [-0.15, -0.1) is 0 Å². The van der Waals surface area contributed by atoms with Crippen LogP contribution in [0.15, 0.2) is 12.1 Å². The highest BCUT2D eigenvalue weighted by atomic mass is 35.5. The first kappa shape index (κ1) is 15.1. The lowest BCUT2D eigenvalue weighted by molar-refractivity contribution is -0.114. The number of rotatable bonds is 3. The summed E-state index contributed by atoms with van der Waals surface area (Å²) in [6.07, 6.45) is 5.22. The SMILES string of the molecule is CC(=O)Nc1c(O)ccc(Cl)c1C1(CN)CCCCC1. The number of hydrogen-bond acceptors (Lipinski definition) is 3. The number of carbonyl (C=O) groups excluding carboxylic acids is 1. The second-order valence-electron chi connectivity index (χ2n) is 5.54. The van der Waals surface area contributed by atoms with Crippen LogP contribution in [-0.2, 0) is 10.2 Å². The zero-order chi connectivity index (χ0) is 14.8. The fourth-order valence-corrected chi connectivity index (χ4v) is 3.53. The number of halogens is 1. The van der Waals surface area contributed by atoms with Crippen LogP contribution >= 0.6 is 11.6 Å². The minimum Gasteiger partial charge on any atom is -0.506 e. The molecular weight excluding hydrogens is 276 g/mol. The van der Waals surface area contributed by atoms with Crippen LogP contribution in [0.1, 0.15) is 44.6 Å². The Hall–Kier alpha value is -1.26. The average molecular weight is 297 g/mol. The van der Waals surface area contributed by atoms with Crippen molar-refractivity contribution < 1.29 is 9.90 Å². The van der Waals surface area contributed by atoms with E-state index in [0.29, 0.717) is 17.3 Å². The zero-order valence-electron chi connectivity index (χ0n) is 11.7. The molecule has 0 heterocycles. The maximum atomic E-state index is 11.4. The first-order chi connectivity index (χ1) is 9.50. The van der Waals surface area contributed by atoms with E-state index in [-0.39, 0.29) is 17.1 Å². The Bertz CT molecular complexity index is 511. The van der Waals surface area contributed by atoms with Crippen LogP contribution in [0.3, 0.4) is 0 Å². The number of amides is 1. The van der Waals surface area contributed by atoms with Crippen LogP contribution in [0.4, 0.5) is 5.69 Å². The largest absolute Gasteiger partial charge is 0.506 e. The Kier molecular flexibility index (Phi) is 4.55. The highest BCUT2D eigenvalue weighted by molar-refractivity contribution is 6.32. The molecule has 0 aliphatic heterocycles. The first-order valence-corrected chi connectivity index (χ1v) is 7.37. The molecule has 0 bridgehead atoms. The molecule has 0 aromatic heterocycles. The summed E-state index contributed by atoms with van der Waals surface area (Å²) in [6.45, 7) is 1.88. The Balaban J connectivity index is 2.58. The fourth-order valence-electron chi connectivity index (χ4n) is 3.17. The lowest BCUT2D eigenvalue weighted by atomic mass is 9.69. The lowest BCUT2D eigenvalue weighted by Crippen LogP contribution is -2.38. The Morgan fingerprint density at radius 2 is 2.05 bits per heavy atom. The molecule has 1 aromatic carbocycles. The van der Waals surface area contributed by atoms with Gasteiger partial charge in [-0.1, -0.05) is 30.9 Å². The van der Waals surface area contributed by atoms with E-state index in [1.54, 1.807) is 6.07 Å². The monoisotopic (exact) mass is 296 g/mol. The van der Waals surface area contributed by atoms with Crippen molar-refractivity contribution in [3.63, 3.8) is 0 Å². The quantitative estimate of drug-likeness (QED) is 0.750. The topological polar surface area (TPSA) is 75.3 Å². The van der Waals surface area contributed by atoms with Gasteiger partial charge in [0.25, 0.3) is 0 Å². The van der Waals surface area contributed by atoms with E-state index < -0.39 is 0 Å². The number of nitrogens with two attached hydrogens (primary N) is 1. The van der Waals surface area contributed by atoms with Crippen LogP contribution in [0.5, 0.6) is 5.75 Å². The van der Waals surface area contributed by atoms with Crippen molar-refractivity contribution in [2.75, 3.05) is 11.9 Å². The maximum absolute atomic E-state index is 11.4. The molecule has 20 heavy (non-hydrogen) atoms. The van der Waals surface area contributed by atoms with Gasteiger partial charge in [0.05, 0.1) is 5.69 Å². The van der Waals surface area contributed by atoms with Gasteiger partial charge < -0.3 is 16.2 Å². The van der Waals surface area contributed by atoms with Crippen molar-refractivity contribution in [1.82, 2.24) is 0 Å². The number of nitrogens with one attached hydrogen (secondary N) is 1. The van der Waals surface area contributed by atoms with Gasteiger partial charge in [-0.05, 0) is 25.0 Å². The van der Waals surface area contributed by atoms with Crippen LogP contribution in [0.2, 0.25) is 5.02 Å². The van der Waals surface area contributed by atoms with E-state index in [2.05, 4.69) is 5.32 Å². The Labute approximate surface area is 124 Å². The molecule has 1 aromatic rings. The highest BCUT2D eigenvalue weighted by Gasteiger charge is 2.37. The van der Waals surface area contributed by atoms with Crippen LogP contribution in [0, 0.1) is 0 Å². The number of phenolic OH excluding ortho intramolecular Hbond substituents is 1. The second-order valence-corrected chi connectivity index (χ2v) is 5.95. The third-order valence-corrected chi connectivity index (χ3v) is 4.48. The van der Waals surface area contributed by atoms with E-state index in [1.807, 2.05) is 0 Å². The number of phenols is 1. The molecule has 1 aliphatic rings. The number of carbonyl (C=O) groups is 1. The summed E-state index contributed by atoms with van der Waals surface area (Å²) in [5.41, 5.74) is 6.98. The smallest absolute Gasteiger partial charge is 0.221 e. The maximum Gasteiger partial charge on any atom is 0.221 e. The summed E-state index contributed by atoms with van der Waals surface area (Å²) in [7, 11) is 0. The number of hydrogen-bond donors (Lipinski definition) is 3. The van der Waals surface area contributed by atoms with Gasteiger partial charge in [-0.25, -0.2) is 0 Å². The Morgan fingerprint density at radius 3 is 2.60 bits per heavy atom. The zero-order valence-corrected chi connectivity index (χ0v) is 12.5.